The van der Waals surface area contributed by atoms with E-state index >= 15 is 0 Å². The number of fused-ring (bicyclic) bond motifs is 1. The Labute approximate surface area is 225 Å². The molecule has 0 saturated heterocycles. The molecular weight excluding hydrogens is 522 g/mol. The van der Waals surface area contributed by atoms with Gasteiger partial charge in [-0.15, -0.1) is 0 Å². The lowest BCUT2D eigenvalue weighted by molar-refractivity contribution is -0.0241. The Kier molecular flexibility index (Phi) is 6.32. The van der Waals surface area contributed by atoms with Crippen LogP contribution in [0, 0.1) is 0 Å². The zero-order valence-corrected chi connectivity index (χ0v) is 20.5. The molecule has 11 nitrogen and oxygen atoms in total. The lowest BCUT2D eigenvalue weighted by atomic mass is 10.1. The monoisotopic (exact) mass is 542 g/mol. The largest absolute Gasteiger partial charge is 0.394 e. The summed E-state index contributed by atoms with van der Waals surface area (Å²) in [4.78, 5) is 29.2. The van der Waals surface area contributed by atoms with E-state index in [1.165, 1.54) is 18.3 Å². The van der Waals surface area contributed by atoms with E-state index < -0.39 is 23.6 Å². The number of amides is 1. The summed E-state index contributed by atoms with van der Waals surface area (Å²) in [6, 6.07) is 12.7. The van der Waals surface area contributed by atoms with Crippen LogP contribution in [0.15, 0.2) is 83.8 Å². The molecule has 200 valence electrons. The molecular formula is C27H20F2N8O3. The molecule has 1 atom stereocenters. The van der Waals surface area contributed by atoms with Crippen molar-refractivity contribution in [2.45, 2.75) is 12.1 Å². The molecule has 0 spiro atoms. The first kappa shape index (κ1) is 25.0. The normalized spacial score (nSPS) is 14.3. The van der Waals surface area contributed by atoms with E-state index in [0.717, 1.165) is 11.6 Å². The summed E-state index contributed by atoms with van der Waals surface area (Å²) >= 11 is 0. The Morgan fingerprint density at radius 1 is 1.02 bits per heavy atom. The fourth-order valence-electron chi connectivity index (χ4n) is 4.22. The Morgan fingerprint density at radius 2 is 1.88 bits per heavy atom. The van der Waals surface area contributed by atoms with Crippen LogP contribution in [0.5, 0.6) is 0 Å². The van der Waals surface area contributed by atoms with Crippen LogP contribution in [0.1, 0.15) is 27.5 Å². The summed E-state index contributed by atoms with van der Waals surface area (Å²) < 4.78 is 33.9. The van der Waals surface area contributed by atoms with Crippen LogP contribution < -0.4 is 16.0 Å². The van der Waals surface area contributed by atoms with Gasteiger partial charge in [-0.05, 0) is 35.9 Å². The van der Waals surface area contributed by atoms with Crippen molar-refractivity contribution >= 4 is 23.4 Å². The van der Waals surface area contributed by atoms with Gasteiger partial charge in [-0.2, -0.15) is 18.7 Å². The summed E-state index contributed by atoms with van der Waals surface area (Å²) in [5.41, 5.74) is 1.47. The number of benzene rings is 2. The number of aliphatic hydroxyl groups is 1. The highest BCUT2D eigenvalue weighted by atomic mass is 19.3. The number of aromatic nitrogens is 5. The third-order valence-corrected chi connectivity index (χ3v) is 6.19. The van der Waals surface area contributed by atoms with Gasteiger partial charge in [0.1, 0.15) is 11.4 Å². The quantitative estimate of drug-likeness (QED) is 0.209. The van der Waals surface area contributed by atoms with Crippen LogP contribution in [0.25, 0.3) is 22.8 Å². The molecule has 1 aliphatic heterocycles. The van der Waals surface area contributed by atoms with Gasteiger partial charge < -0.3 is 20.3 Å². The fraction of sp³-hybridized carbons (Fsp3) is 0.111. The molecule has 13 heteroatoms. The van der Waals surface area contributed by atoms with Crippen LogP contribution in [0.3, 0.4) is 0 Å². The van der Waals surface area contributed by atoms with Gasteiger partial charge in [0.05, 0.1) is 23.8 Å². The van der Waals surface area contributed by atoms with E-state index in [0.29, 0.717) is 17.0 Å². The van der Waals surface area contributed by atoms with Crippen LogP contribution >= 0.6 is 0 Å². The topological polar surface area (TPSA) is 151 Å². The highest BCUT2D eigenvalue weighted by Gasteiger charge is 2.44. The molecule has 2 aromatic carbocycles. The molecule has 4 N–H and O–H groups in total. The van der Waals surface area contributed by atoms with Gasteiger partial charge in [0, 0.05) is 29.8 Å². The van der Waals surface area contributed by atoms with Crippen molar-refractivity contribution < 1.29 is 23.2 Å². The lowest BCUT2D eigenvalue weighted by Gasteiger charge is -2.19. The third-order valence-electron chi connectivity index (χ3n) is 6.19. The zero-order valence-electron chi connectivity index (χ0n) is 20.5. The number of hydrogen-bond acceptors (Lipinski definition) is 10. The standard InChI is InChI=1S/C27H20F2N8O3/c28-27(29)20-11-17(8-9-18(20)24(39)36-27)32-26-31-13-19(25-34-22(37-40-25)16-7-4-10-30-12-16)23(35-26)33-21(14-38)15-5-2-1-3-6-15/h1-13,21,38H,14H2,(H,36,39)(H2,31,32,33,35)/t21-/m1/s1. The zero-order chi connectivity index (χ0) is 27.7. The molecule has 0 aliphatic carbocycles. The predicted octanol–water partition coefficient (Wildman–Crippen LogP) is 4.27. The average molecular weight is 543 g/mol. The van der Waals surface area contributed by atoms with Gasteiger partial charge in [-0.3, -0.25) is 15.1 Å². The number of carbonyl (C=O) groups excluding carboxylic acids is 1. The summed E-state index contributed by atoms with van der Waals surface area (Å²) in [5, 5.41) is 21.9. The summed E-state index contributed by atoms with van der Waals surface area (Å²) in [5.74, 6) is -0.131. The molecule has 0 saturated carbocycles. The summed E-state index contributed by atoms with van der Waals surface area (Å²) in [6.45, 7) is -0.262. The maximum Gasteiger partial charge on any atom is 0.353 e. The highest BCUT2D eigenvalue weighted by molar-refractivity contribution is 6.00. The SMILES string of the molecule is O=C1NC(F)(F)c2cc(Nc3ncc(-c4nc(-c5cccnc5)no4)c(N[C@H](CO)c4ccccc4)n3)ccc21. The van der Waals surface area contributed by atoms with Gasteiger partial charge in [0.2, 0.25) is 11.8 Å². The third kappa shape index (κ3) is 4.80. The van der Waals surface area contributed by atoms with E-state index in [1.807, 2.05) is 30.3 Å². The molecule has 1 aliphatic rings. The molecule has 0 fully saturated rings. The van der Waals surface area contributed by atoms with Crippen LogP contribution in [-0.4, -0.2) is 42.7 Å². The molecule has 0 unspecified atom stereocenters. The molecule has 3 aromatic heterocycles. The molecule has 1 amide bonds. The molecule has 5 aromatic rings. The Morgan fingerprint density at radius 3 is 2.65 bits per heavy atom. The Hall–Kier alpha value is -5.30. The van der Waals surface area contributed by atoms with E-state index in [9.17, 15) is 18.7 Å². The van der Waals surface area contributed by atoms with Gasteiger partial charge in [0.25, 0.3) is 11.8 Å². The number of anilines is 3. The smallest absolute Gasteiger partial charge is 0.353 e. The van der Waals surface area contributed by atoms with E-state index in [4.69, 9.17) is 4.52 Å². The Balaban J connectivity index is 1.36. The van der Waals surface area contributed by atoms with E-state index in [2.05, 4.69) is 35.7 Å². The number of nitrogens with one attached hydrogen (secondary N) is 3. The molecule has 0 radical (unpaired) electrons. The van der Waals surface area contributed by atoms with Gasteiger partial charge >= 0.3 is 6.05 Å². The predicted molar refractivity (Wildman–Crippen MR) is 140 cm³/mol. The Bertz CT molecular complexity index is 1680. The molecule has 6 rings (SSSR count). The van der Waals surface area contributed by atoms with Gasteiger partial charge in [0.15, 0.2) is 0 Å². The first-order valence-corrected chi connectivity index (χ1v) is 12.1. The maximum absolute atomic E-state index is 14.2. The second kappa shape index (κ2) is 10.1. The number of rotatable bonds is 8. The molecule has 4 heterocycles. The first-order chi connectivity index (χ1) is 19.4. The molecule has 0 bridgehead atoms. The van der Waals surface area contributed by atoms with E-state index in [-0.39, 0.29) is 35.5 Å². The number of pyridine rings is 1. The van der Waals surface area contributed by atoms with Gasteiger partial charge in [-0.1, -0.05) is 35.5 Å². The average Bonchev–Trinajstić information content (AvgIpc) is 3.55. The van der Waals surface area contributed by atoms with Crippen molar-refractivity contribution in [2.24, 2.45) is 0 Å². The lowest BCUT2D eigenvalue weighted by Crippen LogP contribution is -2.29. The first-order valence-electron chi connectivity index (χ1n) is 12.1. The van der Waals surface area contributed by atoms with Crippen molar-refractivity contribution in [1.82, 2.24) is 30.4 Å². The van der Waals surface area contributed by atoms with Crippen LogP contribution in [0.2, 0.25) is 0 Å². The van der Waals surface area contributed by atoms with E-state index in [1.54, 1.807) is 29.8 Å². The minimum atomic E-state index is -3.49. The van der Waals surface area contributed by atoms with Crippen LogP contribution in [-0.2, 0) is 6.05 Å². The maximum atomic E-state index is 14.2. The number of alkyl halides is 2. The fourth-order valence-corrected chi connectivity index (χ4v) is 4.22. The number of hydrogen-bond donors (Lipinski definition) is 4. The summed E-state index contributed by atoms with van der Waals surface area (Å²) in [7, 11) is 0. The van der Waals surface area contributed by atoms with Crippen LogP contribution in [0.4, 0.5) is 26.2 Å². The minimum Gasteiger partial charge on any atom is -0.394 e. The van der Waals surface area contributed by atoms with Crippen molar-refractivity contribution in [1.29, 1.82) is 0 Å². The van der Waals surface area contributed by atoms with Gasteiger partial charge in [-0.25, -0.2) is 4.98 Å². The molecule has 40 heavy (non-hydrogen) atoms. The summed E-state index contributed by atoms with van der Waals surface area (Å²) in [6.07, 6.45) is 4.66. The minimum absolute atomic E-state index is 0.0588. The van der Waals surface area contributed by atoms with Crippen molar-refractivity contribution in [3.8, 4) is 22.8 Å². The number of nitrogens with zero attached hydrogens (tertiary/aromatic N) is 5. The number of aliphatic hydroxyl groups excluding tert-OH is 1. The van der Waals surface area contributed by atoms with Crippen molar-refractivity contribution in [3.63, 3.8) is 0 Å². The van der Waals surface area contributed by atoms with Crippen molar-refractivity contribution in [3.05, 3.63) is 95.9 Å². The van der Waals surface area contributed by atoms with Crippen molar-refractivity contribution in [2.75, 3.05) is 17.2 Å². The number of carbonyl (C=O) groups is 1. The number of halogens is 2. The second-order valence-corrected chi connectivity index (χ2v) is 8.82. The second-order valence-electron chi connectivity index (χ2n) is 8.82. The highest BCUT2D eigenvalue weighted by Crippen LogP contribution is 2.36.